The maximum atomic E-state index is 11.8. The number of hydrogen-bond donors (Lipinski definition) is 3. The SMILES string of the molecule is O=C1NC(=O)/C(=C/c2ccnc(N3CCC(CNCc4cccc(-c5ccn[nH]5)n4)CC3)n2)S1. The topological polar surface area (TPSA) is 129 Å². The zero-order chi connectivity index (χ0) is 23.3. The molecule has 174 valence electrons. The number of carbonyl (C=O) groups excluding carboxylic acids is 2. The van der Waals surface area contributed by atoms with Gasteiger partial charge in [0.2, 0.25) is 5.95 Å². The van der Waals surface area contributed by atoms with E-state index in [-0.39, 0.29) is 11.1 Å². The molecule has 0 aliphatic carbocycles. The Labute approximate surface area is 200 Å². The third kappa shape index (κ3) is 5.32. The summed E-state index contributed by atoms with van der Waals surface area (Å²) < 4.78 is 0. The van der Waals surface area contributed by atoms with Crippen LogP contribution in [0, 0.1) is 5.92 Å². The van der Waals surface area contributed by atoms with Gasteiger partial charge in [-0.15, -0.1) is 0 Å². The number of nitrogens with one attached hydrogen (secondary N) is 3. The van der Waals surface area contributed by atoms with Gasteiger partial charge in [0.15, 0.2) is 0 Å². The number of anilines is 1. The van der Waals surface area contributed by atoms with Crippen molar-refractivity contribution in [1.29, 1.82) is 0 Å². The van der Waals surface area contributed by atoms with Gasteiger partial charge in [-0.05, 0) is 67.4 Å². The van der Waals surface area contributed by atoms with Crippen LogP contribution in [0.2, 0.25) is 0 Å². The molecule has 0 saturated carbocycles. The molecule has 5 heterocycles. The van der Waals surface area contributed by atoms with E-state index < -0.39 is 0 Å². The first-order valence-electron chi connectivity index (χ1n) is 11.1. The average molecular weight is 477 g/mol. The Morgan fingerprint density at radius 1 is 1.12 bits per heavy atom. The highest BCUT2D eigenvalue weighted by Crippen LogP contribution is 2.26. The van der Waals surface area contributed by atoms with Gasteiger partial charge >= 0.3 is 0 Å². The number of H-pyrrole nitrogens is 1. The molecule has 2 amide bonds. The minimum atomic E-state index is -0.383. The van der Waals surface area contributed by atoms with Crippen LogP contribution in [0.3, 0.4) is 0 Å². The van der Waals surface area contributed by atoms with Crippen LogP contribution >= 0.6 is 11.8 Å². The summed E-state index contributed by atoms with van der Waals surface area (Å²) in [6.07, 6.45) is 7.11. The molecule has 10 nitrogen and oxygen atoms in total. The van der Waals surface area contributed by atoms with Gasteiger partial charge in [0, 0.05) is 32.0 Å². The van der Waals surface area contributed by atoms with E-state index in [1.165, 1.54) is 0 Å². The van der Waals surface area contributed by atoms with Crippen LogP contribution in [0.15, 0.2) is 47.6 Å². The maximum Gasteiger partial charge on any atom is 0.290 e. The minimum absolute atomic E-state index is 0.351. The summed E-state index contributed by atoms with van der Waals surface area (Å²) in [5, 5.41) is 12.4. The van der Waals surface area contributed by atoms with Gasteiger partial charge in [-0.3, -0.25) is 20.0 Å². The number of nitrogens with zero attached hydrogens (tertiary/aromatic N) is 5. The van der Waals surface area contributed by atoms with Gasteiger partial charge in [-0.25, -0.2) is 15.0 Å². The molecule has 2 fully saturated rings. The second-order valence-electron chi connectivity index (χ2n) is 8.18. The quantitative estimate of drug-likeness (QED) is 0.441. The summed E-state index contributed by atoms with van der Waals surface area (Å²) >= 11 is 0.888. The second-order valence-corrected chi connectivity index (χ2v) is 9.19. The van der Waals surface area contributed by atoms with E-state index in [1.54, 1.807) is 24.5 Å². The summed E-state index contributed by atoms with van der Waals surface area (Å²) in [5.41, 5.74) is 3.42. The molecule has 3 aromatic rings. The van der Waals surface area contributed by atoms with Gasteiger partial charge in [-0.2, -0.15) is 5.10 Å². The van der Waals surface area contributed by atoms with Crippen molar-refractivity contribution in [2.75, 3.05) is 24.5 Å². The fourth-order valence-corrected chi connectivity index (χ4v) is 4.68. The predicted octanol–water partition coefficient (Wildman–Crippen LogP) is 2.59. The number of pyridine rings is 1. The van der Waals surface area contributed by atoms with E-state index >= 15 is 0 Å². The maximum absolute atomic E-state index is 11.8. The minimum Gasteiger partial charge on any atom is -0.341 e. The van der Waals surface area contributed by atoms with Crippen LogP contribution in [0.5, 0.6) is 0 Å². The van der Waals surface area contributed by atoms with Crippen molar-refractivity contribution >= 4 is 34.9 Å². The van der Waals surface area contributed by atoms with Crippen LogP contribution in [0.4, 0.5) is 10.7 Å². The largest absolute Gasteiger partial charge is 0.341 e. The molecule has 2 aliphatic rings. The molecule has 0 radical (unpaired) electrons. The lowest BCUT2D eigenvalue weighted by Gasteiger charge is -2.32. The lowest BCUT2D eigenvalue weighted by atomic mass is 9.97. The van der Waals surface area contributed by atoms with Crippen molar-refractivity contribution in [1.82, 2.24) is 35.8 Å². The normalized spacial score (nSPS) is 18.0. The first-order chi connectivity index (χ1) is 16.6. The summed E-state index contributed by atoms with van der Waals surface area (Å²) in [6, 6.07) is 9.66. The van der Waals surface area contributed by atoms with Crippen LogP contribution in [0.25, 0.3) is 17.5 Å². The number of carbonyl (C=O) groups is 2. The number of thioether (sulfide) groups is 1. The number of aromatic amines is 1. The van der Waals surface area contributed by atoms with Gasteiger partial charge in [0.05, 0.1) is 27.7 Å². The van der Waals surface area contributed by atoms with E-state index in [1.807, 2.05) is 24.3 Å². The molecule has 0 atom stereocenters. The van der Waals surface area contributed by atoms with Crippen LogP contribution in [-0.2, 0) is 11.3 Å². The molecular formula is C23H24N8O2S. The number of rotatable bonds is 7. The molecule has 5 rings (SSSR count). The fourth-order valence-electron chi connectivity index (χ4n) is 4.02. The van der Waals surface area contributed by atoms with Gasteiger partial charge < -0.3 is 10.2 Å². The second kappa shape index (κ2) is 10.1. The molecule has 0 bridgehead atoms. The molecule has 0 unspecified atom stereocenters. The van der Waals surface area contributed by atoms with Gasteiger partial charge in [0.1, 0.15) is 0 Å². The Kier molecular flexibility index (Phi) is 6.63. The third-order valence-electron chi connectivity index (χ3n) is 5.81. The predicted molar refractivity (Wildman–Crippen MR) is 130 cm³/mol. The molecule has 2 aliphatic heterocycles. The fraction of sp³-hybridized carbons (Fsp3) is 0.304. The molecular weight excluding hydrogens is 452 g/mol. The third-order valence-corrected chi connectivity index (χ3v) is 6.62. The summed E-state index contributed by atoms with van der Waals surface area (Å²) in [4.78, 5) is 39.3. The lowest BCUT2D eigenvalue weighted by Crippen LogP contribution is -2.38. The van der Waals surface area contributed by atoms with Crippen molar-refractivity contribution in [2.24, 2.45) is 5.92 Å². The van der Waals surface area contributed by atoms with Gasteiger partial charge in [-0.1, -0.05) is 6.07 Å². The lowest BCUT2D eigenvalue weighted by molar-refractivity contribution is -0.115. The van der Waals surface area contributed by atoms with E-state index in [2.05, 4.69) is 35.7 Å². The molecule has 0 spiro atoms. The van der Waals surface area contributed by atoms with Crippen molar-refractivity contribution in [3.8, 4) is 11.4 Å². The summed E-state index contributed by atoms with van der Waals surface area (Å²) in [5.74, 6) is 0.837. The van der Waals surface area contributed by atoms with Crippen molar-refractivity contribution < 1.29 is 9.59 Å². The van der Waals surface area contributed by atoms with Gasteiger partial charge in [0.25, 0.3) is 11.1 Å². The van der Waals surface area contributed by atoms with Crippen LogP contribution in [-0.4, -0.2) is 55.9 Å². The Morgan fingerprint density at radius 2 is 2.00 bits per heavy atom. The zero-order valence-corrected chi connectivity index (χ0v) is 19.2. The van der Waals surface area contributed by atoms with E-state index in [9.17, 15) is 9.59 Å². The Hall–Kier alpha value is -3.57. The average Bonchev–Trinajstić information content (AvgIpc) is 3.50. The highest BCUT2D eigenvalue weighted by atomic mass is 32.2. The molecule has 2 saturated heterocycles. The molecule has 3 N–H and O–H groups in total. The highest BCUT2D eigenvalue weighted by molar-refractivity contribution is 8.18. The van der Waals surface area contributed by atoms with E-state index in [0.717, 1.165) is 67.9 Å². The smallest absolute Gasteiger partial charge is 0.290 e. The summed E-state index contributed by atoms with van der Waals surface area (Å²) in [7, 11) is 0. The number of aromatic nitrogens is 5. The first kappa shape index (κ1) is 22.2. The number of hydrogen-bond acceptors (Lipinski definition) is 9. The zero-order valence-electron chi connectivity index (χ0n) is 18.4. The van der Waals surface area contributed by atoms with Crippen LogP contribution < -0.4 is 15.5 Å². The molecule has 3 aromatic heterocycles. The Morgan fingerprint density at radius 3 is 2.76 bits per heavy atom. The number of imide groups is 1. The Balaban J connectivity index is 1.11. The molecule has 11 heteroatoms. The molecule has 0 aromatic carbocycles. The number of amides is 2. The highest BCUT2D eigenvalue weighted by Gasteiger charge is 2.25. The Bertz CT molecular complexity index is 1210. The standard InChI is InChI=1S/C23H24N8O2S/c32-21-20(34-23(33)29-21)12-16-4-8-25-22(28-16)31-10-6-15(7-11-31)13-24-14-17-2-1-3-18(27-17)19-5-9-26-30-19/h1-5,8-9,12,15,24H,6-7,10-11,13-14H2,(H,26,30)(H,29,32,33)/b20-12-. The summed E-state index contributed by atoms with van der Waals surface area (Å²) in [6.45, 7) is 3.38. The number of piperidine rings is 1. The van der Waals surface area contributed by atoms with Crippen molar-refractivity contribution in [3.63, 3.8) is 0 Å². The first-order valence-corrected chi connectivity index (χ1v) is 11.9. The van der Waals surface area contributed by atoms with Crippen molar-refractivity contribution in [2.45, 2.75) is 19.4 Å². The molecule has 34 heavy (non-hydrogen) atoms. The monoisotopic (exact) mass is 476 g/mol. The van der Waals surface area contributed by atoms with Crippen molar-refractivity contribution in [3.05, 3.63) is 59.0 Å². The van der Waals surface area contributed by atoms with Crippen LogP contribution in [0.1, 0.15) is 24.2 Å². The van der Waals surface area contributed by atoms with E-state index in [4.69, 9.17) is 4.98 Å². The van der Waals surface area contributed by atoms with E-state index in [0.29, 0.717) is 22.5 Å².